The summed E-state index contributed by atoms with van der Waals surface area (Å²) in [5.74, 6) is -0.773. The lowest BCUT2D eigenvalue weighted by Crippen LogP contribution is -2.45. The Hall–Kier alpha value is -1.84. The molecule has 0 bridgehead atoms. The van der Waals surface area contributed by atoms with Crippen molar-refractivity contribution in [1.29, 1.82) is 0 Å². The highest BCUT2D eigenvalue weighted by atomic mass is 16.2. The van der Waals surface area contributed by atoms with Gasteiger partial charge in [0, 0.05) is 25.3 Å². The quantitative estimate of drug-likeness (QED) is 0.785. The van der Waals surface area contributed by atoms with Crippen LogP contribution in [0.15, 0.2) is 24.3 Å². The third-order valence-electron chi connectivity index (χ3n) is 3.95. The predicted octanol–water partition coefficient (Wildman–Crippen LogP) is 2.75. The number of amides is 2. The Morgan fingerprint density at radius 2 is 1.81 bits per heavy atom. The monoisotopic (exact) mass is 288 g/mol. The molecule has 1 aliphatic heterocycles. The Kier molecular flexibility index (Phi) is 5.37. The number of benzene rings is 1. The summed E-state index contributed by atoms with van der Waals surface area (Å²) in [5, 5.41) is 0. The number of carbonyl (C=O) groups excluding carboxylic acids is 2. The van der Waals surface area contributed by atoms with Gasteiger partial charge in [-0.25, -0.2) is 0 Å². The molecule has 4 nitrogen and oxygen atoms in total. The fourth-order valence-corrected chi connectivity index (χ4v) is 2.76. The number of carbonyl (C=O) groups is 2. The first-order valence-electron chi connectivity index (χ1n) is 7.81. The highest BCUT2D eigenvalue weighted by Gasteiger charge is 2.27. The SMILES string of the molecule is CCN(C(=O)C(=O)N1CCCCCC1)c1cccc(C)c1. The zero-order chi connectivity index (χ0) is 15.2. The molecule has 1 aromatic carbocycles. The van der Waals surface area contributed by atoms with Gasteiger partial charge in [0.05, 0.1) is 0 Å². The molecule has 0 aliphatic carbocycles. The molecule has 1 aromatic rings. The fraction of sp³-hybridized carbons (Fsp3) is 0.529. The molecule has 114 valence electrons. The van der Waals surface area contributed by atoms with Gasteiger partial charge in [-0.3, -0.25) is 9.59 Å². The van der Waals surface area contributed by atoms with Crippen LogP contribution in [-0.4, -0.2) is 36.3 Å². The number of nitrogens with zero attached hydrogens (tertiary/aromatic N) is 2. The molecule has 0 radical (unpaired) electrons. The first-order valence-corrected chi connectivity index (χ1v) is 7.81. The topological polar surface area (TPSA) is 40.6 Å². The van der Waals surface area contributed by atoms with Gasteiger partial charge in [-0.05, 0) is 44.4 Å². The number of likely N-dealkylation sites (tertiary alicyclic amines) is 1. The van der Waals surface area contributed by atoms with E-state index in [1.54, 1.807) is 9.80 Å². The minimum atomic E-state index is -0.412. The Labute approximate surface area is 126 Å². The van der Waals surface area contributed by atoms with Gasteiger partial charge in [0.1, 0.15) is 0 Å². The van der Waals surface area contributed by atoms with Crippen molar-refractivity contribution in [3.05, 3.63) is 29.8 Å². The van der Waals surface area contributed by atoms with Gasteiger partial charge >= 0.3 is 11.8 Å². The molecule has 1 fully saturated rings. The van der Waals surface area contributed by atoms with Crippen LogP contribution in [0.3, 0.4) is 0 Å². The molecule has 0 saturated carbocycles. The van der Waals surface area contributed by atoms with E-state index in [1.807, 2.05) is 38.1 Å². The molecule has 21 heavy (non-hydrogen) atoms. The summed E-state index contributed by atoms with van der Waals surface area (Å²) < 4.78 is 0. The van der Waals surface area contributed by atoms with Crippen molar-refractivity contribution in [2.45, 2.75) is 39.5 Å². The van der Waals surface area contributed by atoms with Gasteiger partial charge in [-0.2, -0.15) is 0 Å². The van der Waals surface area contributed by atoms with E-state index in [0.717, 1.165) is 36.9 Å². The van der Waals surface area contributed by atoms with Crippen molar-refractivity contribution in [2.75, 3.05) is 24.5 Å². The van der Waals surface area contributed by atoms with Gasteiger partial charge in [0.25, 0.3) is 0 Å². The number of hydrogen-bond donors (Lipinski definition) is 0. The van der Waals surface area contributed by atoms with E-state index >= 15 is 0 Å². The van der Waals surface area contributed by atoms with Crippen LogP contribution in [0.2, 0.25) is 0 Å². The molecule has 0 aromatic heterocycles. The van der Waals surface area contributed by atoms with Crippen LogP contribution in [0.5, 0.6) is 0 Å². The zero-order valence-corrected chi connectivity index (χ0v) is 13.0. The van der Waals surface area contributed by atoms with Crippen molar-refractivity contribution >= 4 is 17.5 Å². The van der Waals surface area contributed by atoms with Crippen LogP contribution in [-0.2, 0) is 9.59 Å². The summed E-state index contributed by atoms with van der Waals surface area (Å²) in [4.78, 5) is 28.3. The maximum Gasteiger partial charge on any atom is 0.316 e. The smallest absolute Gasteiger partial charge is 0.316 e. The van der Waals surface area contributed by atoms with E-state index in [2.05, 4.69) is 0 Å². The molecule has 0 N–H and O–H groups in total. The number of rotatable bonds is 2. The van der Waals surface area contributed by atoms with Gasteiger partial charge < -0.3 is 9.80 Å². The largest absolute Gasteiger partial charge is 0.334 e. The minimum Gasteiger partial charge on any atom is -0.334 e. The molecule has 4 heteroatoms. The van der Waals surface area contributed by atoms with Crippen molar-refractivity contribution in [3.63, 3.8) is 0 Å². The van der Waals surface area contributed by atoms with Gasteiger partial charge in [-0.1, -0.05) is 25.0 Å². The lowest BCUT2D eigenvalue weighted by molar-refractivity contribution is -0.144. The average Bonchev–Trinajstić information content (AvgIpc) is 2.76. The van der Waals surface area contributed by atoms with Crippen LogP contribution >= 0.6 is 0 Å². The summed E-state index contributed by atoms with van der Waals surface area (Å²) in [5.41, 5.74) is 1.88. The molecule has 0 atom stereocenters. The lowest BCUT2D eigenvalue weighted by Gasteiger charge is -2.25. The first kappa shape index (κ1) is 15.5. The number of aryl methyl sites for hydroxylation is 1. The van der Waals surface area contributed by atoms with E-state index in [1.165, 1.54) is 0 Å². The normalized spacial score (nSPS) is 15.4. The van der Waals surface area contributed by atoms with Gasteiger partial charge in [0.2, 0.25) is 0 Å². The van der Waals surface area contributed by atoms with Crippen molar-refractivity contribution in [3.8, 4) is 0 Å². The predicted molar refractivity (Wildman–Crippen MR) is 84.3 cm³/mol. The van der Waals surface area contributed by atoms with E-state index in [9.17, 15) is 9.59 Å². The highest BCUT2D eigenvalue weighted by molar-refractivity contribution is 6.40. The van der Waals surface area contributed by atoms with E-state index < -0.39 is 5.91 Å². The average molecular weight is 288 g/mol. The summed E-state index contributed by atoms with van der Waals surface area (Å²) in [6.07, 6.45) is 4.28. The standard InChI is InChI=1S/C17H24N2O2/c1-3-19(15-10-8-9-14(2)13-15)17(21)16(20)18-11-6-4-5-7-12-18/h8-10,13H,3-7,11-12H2,1-2H3. The summed E-state index contributed by atoms with van der Waals surface area (Å²) >= 11 is 0. The molecular formula is C17H24N2O2. The molecule has 1 saturated heterocycles. The minimum absolute atomic E-state index is 0.361. The fourth-order valence-electron chi connectivity index (χ4n) is 2.76. The second kappa shape index (κ2) is 7.25. The molecule has 2 amide bonds. The number of hydrogen-bond acceptors (Lipinski definition) is 2. The molecule has 0 spiro atoms. The number of anilines is 1. The van der Waals surface area contributed by atoms with Crippen LogP contribution in [0.4, 0.5) is 5.69 Å². The molecular weight excluding hydrogens is 264 g/mol. The maximum atomic E-state index is 12.5. The molecule has 2 rings (SSSR count). The Bertz CT molecular complexity index is 505. The summed E-state index contributed by atoms with van der Waals surface area (Å²) in [7, 11) is 0. The van der Waals surface area contributed by atoms with Gasteiger partial charge in [-0.15, -0.1) is 0 Å². The van der Waals surface area contributed by atoms with E-state index in [4.69, 9.17) is 0 Å². The van der Waals surface area contributed by atoms with Crippen LogP contribution in [0.25, 0.3) is 0 Å². The highest BCUT2D eigenvalue weighted by Crippen LogP contribution is 2.17. The van der Waals surface area contributed by atoms with Crippen molar-refractivity contribution in [2.24, 2.45) is 0 Å². The third kappa shape index (κ3) is 3.84. The molecule has 1 aliphatic rings. The van der Waals surface area contributed by atoms with Crippen LogP contribution < -0.4 is 4.90 Å². The Morgan fingerprint density at radius 1 is 1.14 bits per heavy atom. The third-order valence-corrected chi connectivity index (χ3v) is 3.95. The summed E-state index contributed by atoms with van der Waals surface area (Å²) in [6.45, 7) is 5.79. The maximum absolute atomic E-state index is 12.5. The summed E-state index contributed by atoms with van der Waals surface area (Å²) in [6, 6.07) is 7.72. The first-order chi connectivity index (χ1) is 10.1. The number of likely N-dealkylation sites (N-methyl/N-ethyl adjacent to an activating group) is 1. The van der Waals surface area contributed by atoms with Crippen molar-refractivity contribution in [1.82, 2.24) is 4.90 Å². The lowest BCUT2D eigenvalue weighted by atomic mass is 10.2. The van der Waals surface area contributed by atoms with E-state index in [-0.39, 0.29) is 5.91 Å². The Morgan fingerprint density at radius 3 is 2.38 bits per heavy atom. The van der Waals surface area contributed by atoms with E-state index in [0.29, 0.717) is 19.6 Å². The zero-order valence-electron chi connectivity index (χ0n) is 13.0. The Balaban J connectivity index is 2.13. The molecule has 0 unspecified atom stereocenters. The second-order valence-electron chi connectivity index (χ2n) is 5.59. The molecule has 1 heterocycles. The van der Waals surface area contributed by atoms with Gasteiger partial charge in [0.15, 0.2) is 0 Å². The van der Waals surface area contributed by atoms with Crippen LogP contribution in [0, 0.1) is 6.92 Å². The van der Waals surface area contributed by atoms with Crippen LogP contribution in [0.1, 0.15) is 38.2 Å². The van der Waals surface area contributed by atoms with Crippen molar-refractivity contribution < 1.29 is 9.59 Å². The second-order valence-corrected chi connectivity index (χ2v) is 5.59.